The SMILES string of the molecule is CC1(C)CC(NCCCCCC(NC2CC(C)(C)NC(C)(C)C2)C(CO)N(CCO)C2CC(C)(C)NC(C)(C)C2)CC(C)(C)N1. The van der Waals surface area contributed by atoms with E-state index >= 15 is 0 Å². The van der Waals surface area contributed by atoms with Gasteiger partial charge >= 0.3 is 0 Å². The van der Waals surface area contributed by atoms with Crippen LogP contribution in [0.1, 0.15) is 147 Å². The lowest BCUT2D eigenvalue weighted by molar-refractivity contribution is -0.00797. The van der Waals surface area contributed by atoms with Gasteiger partial charge in [-0.2, -0.15) is 0 Å². The molecule has 2 unspecified atom stereocenters. The highest BCUT2D eigenvalue weighted by Crippen LogP contribution is 2.35. The molecule has 266 valence electrons. The number of aliphatic hydroxyl groups is 2. The highest BCUT2D eigenvalue weighted by atomic mass is 16.3. The number of nitrogens with zero attached hydrogens (tertiary/aromatic N) is 1. The van der Waals surface area contributed by atoms with Gasteiger partial charge in [0.2, 0.25) is 0 Å². The van der Waals surface area contributed by atoms with Gasteiger partial charge in [0, 0.05) is 70.0 Å². The van der Waals surface area contributed by atoms with Gasteiger partial charge in [-0.15, -0.1) is 0 Å². The normalized spacial score (nSPS) is 27.8. The Morgan fingerprint density at radius 3 is 1.51 bits per heavy atom. The van der Waals surface area contributed by atoms with E-state index in [1.165, 1.54) is 12.8 Å². The number of hydrogen-bond acceptors (Lipinski definition) is 8. The van der Waals surface area contributed by atoms with Crippen LogP contribution in [0.2, 0.25) is 0 Å². The van der Waals surface area contributed by atoms with Crippen LogP contribution in [0.25, 0.3) is 0 Å². The van der Waals surface area contributed by atoms with E-state index in [1.54, 1.807) is 0 Å². The monoisotopic (exact) mass is 637 g/mol. The van der Waals surface area contributed by atoms with E-state index < -0.39 is 0 Å². The van der Waals surface area contributed by atoms with Crippen LogP contribution in [0, 0.1) is 0 Å². The fraction of sp³-hybridized carbons (Fsp3) is 1.00. The second kappa shape index (κ2) is 15.1. The summed E-state index contributed by atoms with van der Waals surface area (Å²) in [7, 11) is 0. The van der Waals surface area contributed by atoms with Crippen molar-refractivity contribution in [2.75, 3.05) is 26.3 Å². The van der Waals surface area contributed by atoms with Crippen LogP contribution in [-0.4, -0.2) is 105 Å². The zero-order chi connectivity index (χ0) is 33.9. The van der Waals surface area contributed by atoms with Gasteiger partial charge in [-0.1, -0.05) is 12.8 Å². The summed E-state index contributed by atoms with van der Waals surface area (Å²) in [5.74, 6) is 0. The molecule has 3 fully saturated rings. The van der Waals surface area contributed by atoms with E-state index in [9.17, 15) is 10.2 Å². The Kier molecular flexibility index (Phi) is 13.1. The van der Waals surface area contributed by atoms with Crippen molar-refractivity contribution in [2.45, 2.75) is 211 Å². The third-order valence-corrected chi connectivity index (χ3v) is 10.5. The van der Waals surface area contributed by atoms with E-state index in [0.29, 0.717) is 24.7 Å². The van der Waals surface area contributed by atoms with Crippen LogP contribution in [0.4, 0.5) is 0 Å². The van der Waals surface area contributed by atoms with Crippen molar-refractivity contribution in [1.29, 1.82) is 0 Å². The number of rotatable bonds is 15. The number of piperidine rings is 3. The van der Waals surface area contributed by atoms with Crippen molar-refractivity contribution in [2.24, 2.45) is 0 Å². The van der Waals surface area contributed by atoms with E-state index in [0.717, 1.165) is 57.9 Å². The number of unbranched alkanes of at least 4 members (excludes halogenated alkanes) is 2. The Labute approximate surface area is 278 Å². The molecule has 3 heterocycles. The largest absolute Gasteiger partial charge is 0.395 e. The van der Waals surface area contributed by atoms with E-state index in [-0.39, 0.29) is 58.5 Å². The molecule has 0 amide bonds. The first-order chi connectivity index (χ1) is 20.6. The molecule has 0 saturated carbocycles. The maximum absolute atomic E-state index is 11.1. The molecule has 0 aromatic carbocycles. The van der Waals surface area contributed by atoms with Crippen molar-refractivity contribution < 1.29 is 10.2 Å². The van der Waals surface area contributed by atoms with Crippen molar-refractivity contribution >= 4 is 0 Å². The quantitative estimate of drug-likeness (QED) is 0.130. The summed E-state index contributed by atoms with van der Waals surface area (Å²) >= 11 is 0. The molecule has 0 bridgehead atoms. The Balaban J connectivity index is 1.71. The van der Waals surface area contributed by atoms with Gasteiger partial charge in [-0.3, -0.25) is 4.90 Å². The summed E-state index contributed by atoms with van der Waals surface area (Å²) in [6, 6.07) is 1.36. The van der Waals surface area contributed by atoms with E-state index in [2.05, 4.69) is 115 Å². The molecule has 3 rings (SSSR count). The van der Waals surface area contributed by atoms with Crippen LogP contribution in [0.3, 0.4) is 0 Å². The Morgan fingerprint density at radius 2 is 1.07 bits per heavy atom. The minimum atomic E-state index is -0.0368. The molecular formula is C37H76N6O2. The average molecular weight is 637 g/mol. The Bertz CT molecular complexity index is 869. The van der Waals surface area contributed by atoms with E-state index in [1.807, 2.05) is 0 Å². The van der Waals surface area contributed by atoms with Crippen LogP contribution in [0.15, 0.2) is 0 Å². The zero-order valence-corrected chi connectivity index (χ0v) is 31.6. The molecule has 45 heavy (non-hydrogen) atoms. The molecule has 2 atom stereocenters. The summed E-state index contributed by atoms with van der Waals surface area (Å²) < 4.78 is 0. The lowest BCUT2D eigenvalue weighted by Gasteiger charge is -2.53. The van der Waals surface area contributed by atoms with Gasteiger partial charge in [0.25, 0.3) is 0 Å². The molecule has 0 aromatic rings. The van der Waals surface area contributed by atoms with Crippen molar-refractivity contribution in [1.82, 2.24) is 31.5 Å². The molecular weight excluding hydrogens is 560 g/mol. The first-order valence-corrected chi connectivity index (χ1v) is 18.4. The third kappa shape index (κ3) is 12.6. The molecule has 3 saturated heterocycles. The van der Waals surface area contributed by atoms with Crippen LogP contribution >= 0.6 is 0 Å². The third-order valence-electron chi connectivity index (χ3n) is 10.5. The Morgan fingerprint density at radius 1 is 0.622 bits per heavy atom. The van der Waals surface area contributed by atoms with Crippen molar-refractivity contribution in [3.8, 4) is 0 Å². The minimum Gasteiger partial charge on any atom is -0.395 e. The Hall–Kier alpha value is -0.320. The molecule has 3 aliphatic rings. The van der Waals surface area contributed by atoms with Crippen LogP contribution < -0.4 is 26.6 Å². The van der Waals surface area contributed by atoms with Crippen molar-refractivity contribution in [3.05, 3.63) is 0 Å². The lowest BCUT2D eigenvalue weighted by atomic mass is 9.77. The molecule has 7 N–H and O–H groups in total. The molecule has 0 radical (unpaired) electrons. The maximum Gasteiger partial charge on any atom is 0.0602 e. The molecule has 0 aliphatic carbocycles. The summed E-state index contributed by atoms with van der Waals surface area (Å²) in [4.78, 5) is 2.47. The smallest absolute Gasteiger partial charge is 0.0602 e. The highest BCUT2D eigenvalue weighted by molar-refractivity contribution is 5.05. The van der Waals surface area contributed by atoms with Gasteiger partial charge in [0.1, 0.15) is 0 Å². The average Bonchev–Trinajstić information content (AvgIpc) is 2.80. The molecule has 3 aliphatic heterocycles. The van der Waals surface area contributed by atoms with Gasteiger partial charge in [0.05, 0.1) is 13.2 Å². The molecule has 8 nitrogen and oxygen atoms in total. The maximum atomic E-state index is 11.1. The second-order valence-electron chi connectivity index (χ2n) is 19.2. The summed E-state index contributed by atoms with van der Waals surface area (Å²) in [6.07, 6.45) is 11.0. The van der Waals surface area contributed by atoms with Gasteiger partial charge < -0.3 is 36.8 Å². The minimum absolute atomic E-state index is 0.00202. The van der Waals surface area contributed by atoms with E-state index in [4.69, 9.17) is 0 Å². The predicted molar refractivity (Wildman–Crippen MR) is 191 cm³/mol. The number of hydrogen-bond donors (Lipinski definition) is 7. The topological polar surface area (TPSA) is 104 Å². The summed E-state index contributed by atoms with van der Waals surface area (Å²) in [6.45, 7) is 29.6. The van der Waals surface area contributed by atoms with Gasteiger partial charge in [0.15, 0.2) is 0 Å². The van der Waals surface area contributed by atoms with Gasteiger partial charge in [-0.05, 0) is 141 Å². The lowest BCUT2D eigenvalue weighted by Crippen LogP contribution is -2.67. The fourth-order valence-corrected chi connectivity index (χ4v) is 10.3. The number of aliphatic hydroxyl groups excluding tert-OH is 2. The predicted octanol–water partition coefficient (Wildman–Crippen LogP) is 4.68. The zero-order valence-electron chi connectivity index (χ0n) is 31.6. The standard InChI is InChI=1S/C37H76N6O2/c1-32(2)20-27(21-33(3,4)40-32)38-17-15-13-14-16-30(39-28-22-34(5,6)41-35(7,8)23-28)31(26-45)43(18-19-44)29-24-36(9,10)42-37(11,12)25-29/h27-31,38-42,44-45H,13-26H2,1-12H3. The van der Waals surface area contributed by atoms with Crippen LogP contribution in [0.5, 0.6) is 0 Å². The van der Waals surface area contributed by atoms with Crippen molar-refractivity contribution in [3.63, 3.8) is 0 Å². The second-order valence-corrected chi connectivity index (χ2v) is 19.2. The molecule has 0 aromatic heterocycles. The fourth-order valence-electron chi connectivity index (χ4n) is 10.3. The first kappa shape index (κ1) is 39.1. The first-order valence-electron chi connectivity index (χ1n) is 18.4. The van der Waals surface area contributed by atoms with Gasteiger partial charge in [-0.25, -0.2) is 0 Å². The summed E-state index contributed by atoms with van der Waals surface area (Å²) in [5, 5.41) is 40.9. The molecule has 0 spiro atoms. The number of nitrogens with one attached hydrogen (secondary N) is 5. The summed E-state index contributed by atoms with van der Waals surface area (Å²) in [5.41, 5.74) is 0.422. The highest BCUT2D eigenvalue weighted by Gasteiger charge is 2.44. The molecule has 8 heteroatoms. The van der Waals surface area contributed by atoms with Crippen LogP contribution in [-0.2, 0) is 0 Å².